The zero-order valence-corrected chi connectivity index (χ0v) is 14.0. The van der Waals surface area contributed by atoms with Crippen LogP contribution in [0.1, 0.15) is 32.1 Å². The summed E-state index contributed by atoms with van der Waals surface area (Å²) in [6.07, 6.45) is 0.283. The van der Waals surface area contributed by atoms with Crippen LogP contribution in [0.5, 0.6) is 0 Å². The number of hydrogen-bond acceptors (Lipinski definition) is 4. The van der Waals surface area contributed by atoms with Crippen molar-refractivity contribution in [2.24, 2.45) is 0 Å². The van der Waals surface area contributed by atoms with Gasteiger partial charge in [0.05, 0.1) is 13.6 Å². The molecule has 0 amide bonds. The van der Waals surface area contributed by atoms with Crippen LogP contribution in [0.15, 0.2) is 0 Å². The molecule has 0 rings (SSSR count). The molecule has 22 heavy (non-hydrogen) atoms. The highest BCUT2D eigenvalue weighted by atomic mass is 28.3. The van der Waals surface area contributed by atoms with E-state index in [2.05, 4.69) is 0 Å². The molecule has 0 aliphatic carbocycles. The van der Waals surface area contributed by atoms with Crippen LogP contribution in [0.2, 0.25) is 25.2 Å². The largest absolute Gasteiger partial charge is 0.481 e. The number of carboxylic acids is 4. The number of carboxylic acid groups (broad SMARTS) is 4. The highest BCUT2D eigenvalue weighted by Crippen LogP contribution is 2.26. The van der Waals surface area contributed by atoms with Crippen LogP contribution in [-0.2, 0) is 19.2 Å². The molecule has 9 heteroatoms. The van der Waals surface area contributed by atoms with Gasteiger partial charge in [0.2, 0.25) is 0 Å². The van der Waals surface area contributed by atoms with Gasteiger partial charge in [0.1, 0.15) is 0 Å². The molecule has 1 atom stereocenters. The quantitative estimate of drug-likeness (QED) is 0.467. The van der Waals surface area contributed by atoms with Crippen molar-refractivity contribution < 1.29 is 39.6 Å². The predicted octanol–water partition coefficient (Wildman–Crippen LogP) is 1.97. The van der Waals surface area contributed by atoms with Crippen LogP contribution < -0.4 is 0 Å². The second-order valence-electron chi connectivity index (χ2n) is 5.83. The summed E-state index contributed by atoms with van der Waals surface area (Å²) in [5, 5.41) is 33.4. The van der Waals surface area contributed by atoms with Gasteiger partial charge in [-0.05, 0) is 12.8 Å². The minimum absolute atomic E-state index is 0.0543. The Morgan fingerprint density at radius 1 is 0.773 bits per heavy atom. The SMILES string of the molecule is C[Si](C)(C)C(CCC(=O)O)C(=O)O.O=C(O)CCCC(=O)O. The molecule has 0 heterocycles. The van der Waals surface area contributed by atoms with Crippen molar-refractivity contribution in [3.8, 4) is 0 Å². The maximum atomic E-state index is 10.8. The van der Waals surface area contributed by atoms with E-state index in [1.807, 2.05) is 19.6 Å². The Kier molecular flexibility index (Phi) is 11.0. The van der Waals surface area contributed by atoms with Crippen molar-refractivity contribution in [3.63, 3.8) is 0 Å². The number of aliphatic carboxylic acids is 4. The van der Waals surface area contributed by atoms with Crippen molar-refractivity contribution in [1.82, 2.24) is 0 Å². The molecule has 0 radical (unpaired) electrons. The molecule has 0 saturated carbocycles. The highest BCUT2D eigenvalue weighted by Gasteiger charge is 2.32. The molecule has 0 aromatic carbocycles. The second kappa shape index (κ2) is 10.8. The second-order valence-corrected chi connectivity index (χ2v) is 11.3. The summed E-state index contributed by atoms with van der Waals surface area (Å²) in [7, 11) is -1.78. The Hall–Kier alpha value is -1.90. The number of rotatable bonds is 9. The smallest absolute Gasteiger partial charge is 0.303 e. The lowest BCUT2D eigenvalue weighted by molar-refractivity contribution is -0.140. The van der Waals surface area contributed by atoms with E-state index in [4.69, 9.17) is 20.4 Å². The summed E-state index contributed by atoms with van der Waals surface area (Å²) < 4.78 is 0. The summed E-state index contributed by atoms with van der Waals surface area (Å²) in [5.74, 6) is -3.68. The first kappa shape index (κ1) is 22.4. The molecule has 0 aliphatic rings. The van der Waals surface area contributed by atoms with Gasteiger partial charge in [-0.2, -0.15) is 0 Å². The van der Waals surface area contributed by atoms with Crippen molar-refractivity contribution in [2.75, 3.05) is 0 Å². The van der Waals surface area contributed by atoms with Crippen molar-refractivity contribution in [1.29, 1.82) is 0 Å². The van der Waals surface area contributed by atoms with Gasteiger partial charge >= 0.3 is 23.9 Å². The molecular weight excluding hydrogens is 312 g/mol. The van der Waals surface area contributed by atoms with Crippen LogP contribution in [0.25, 0.3) is 0 Å². The summed E-state index contributed by atoms with van der Waals surface area (Å²) in [4.78, 5) is 40.7. The van der Waals surface area contributed by atoms with E-state index in [0.717, 1.165) is 0 Å². The topological polar surface area (TPSA) is 149 Å². The fraction of sp³-hybridized carbons (Fsp3) is 0.692. The molecule has 0 bridgehead atoms. The maximum Gasteiger partial charge on any atom is 0.303 e. The molecule has 0 aliphatic heterocycles. The van der Waals surface area contributed by atoms with E-state index in [1.165, 1.54) is 0 Å². The van der Waals surface area contributed by atoms with E-state index >= 15 is 0 Å². The number of carbonyl (C=O) groups is 4. The Morgan fingerprint density at radius 3 is 1.36 bits per heavy atom. The Labute approximate surface area is 129 Å². The molecule has 0 aromatic rings. The Balaban J connectivity index is 0. The summed E-state index contributed by atoms with van der Waals surface area (Å²) in [6.45, 7) is 5.81. The van der Waals surface area contributed by atoms with Crippen LogP contribution in [0.4, 0.5) is 0 Å². The van der Waals surface area contributed by atoms with Gasteiger partial charge in [-0.3, -0.25) is 19.2 Å². The molecule has 0 saturated heterocycles. The van der Waals surface area contributed by atoms with Crippen LogP contribution in [0, 0.1) is 0 Å². The maximum absolute atomic E-state index is 10.8. The molecule has 128 valence electrons. The van der Waals surface area contributed by atoms with E-state index in [9.17, 15) is 19.2 Å². The summed E-state index contributed by atoms with van der Waals surface area (Å²) in [6, 6.07) is 0. The van der Waals surface area contributed by atoms with Crippen LogP contribution >= 0.6 is 0 Å². The van der Waals surface area contributed by atoms with Crippen LogP contribution in [-0.4, -0.2) is 52.4 Å². The normalized spacial score (nSPS) is 11.8. The van der Waals surface area contributed by atoms with Gasteiger partial charge in [0.25, 0.3) is 0 Å². The van der Waals surface area contributed by atoms with E-state index in [-0.39, 0.29) is 32.1 Å². The van der Waals surface area contributed by atoms with E-state index in [0.29, 0.717) is 0 Å². The monoisotopic (exact) mass is 336 g/mol. The van der Waals surface area contributed by atoms with E-state index < -0.39 is 37.5 Å². The van der Waals surface area contributed by atoms with Gasteiger partial charge in [-0.1, -0.05) is 19.6 Å². The molecule has 0 spiro atoms. The highest BCUT2D eigenvalue weighted by molar-refractivity contribution is 6.80. The molecule has 4 N–H and O–H groups in total. The standard InChI is InChI=1S/C8H16O4Si.C5H8O4/c1-13(2,3)6(8(11)12)4-5-7(9)10;6-4(7)2-1-3-5(8)9/h6H,4-5H2,1-3H3,(H,9,10)(H,11,12);1-3H2,(H,6,7)(H,8,9). The van der Waals surface area contributed by atoms with Crippen molar-refractivity contribution in [3.05, 3.63) is 0 Å². The van der Waals surface area contributed by atoms with Crippen LogP contribution in [0.3, 0.4) is 0 Å². The third-order valence-electron chi connectivity index (χ3n) is 2.77. The lowest BCUT2D eigenvalue weighted by Crippen LogP contribution is -2.34. The van der Waals surface area contributed by atoms with Gasteiger partial charge in [0.15, 0.2) is 0 Å². The fourth-order valence-electron chi connectivity index (χ4n) is 1.59. The minimum Gasteiger partial charge on any atom is -0.481 e. The van der Waals surface area contributed by atoms with Crippen molar-refractivity contribution >= 4 is 32.0 Å². The summed E-state index contributed by atoms with van der Waals surface area (Å²) in [5.41, 5.74) is -0.455. The lowest BCUT2D eigenvalue weighted by atomic mass is 10.2. The fourth-order valence-corrected chi connectivity index (χ4v) is 3.34. The zero-order chi connectivity index (χ0) is 17.9. The average molecular weight is 336 g/mol. The summed E-state index contributed by atoms with van der Waals surface area (Å²) >= 11 is 0. The van der Waals surface area contributed by atoms with Gasteiger partial charge in [0, 0.05) is 19.3 Å². The van der Waals surface area contributed by atoms with Gasteiger partial charge in [-0.15, -0.1) is 0 Å². The average Bonchev–Trinajstić information content (AvgIpc) is 2.25. The minimum atomic E-state index is -1.78. The zero-order valence-electron chi connectivity index (χ0n) is 13.0. The lowest BCUT2D eigenvalue weighted by Gasteiger charge is -2.24. The molecular formula is C13H24O8Si. The molecule has 0 fully saturated rings. The van der Waals surface area contributed by atoms with Crippen molar-refractivity contribution in [2.45, 2.75) is 57.3 Å². The van der Waals surface area contributed by atoms with E-state index in [1.54, 1.807) is 0 Å². The first-order valence-corrected chi connectivity index (χ1v) is 10.3. The predicted molar refractivity (Wildman–Crippen MR) is 80.7 cm³/mol. The molecule has 1 unspecified atom stereocenters. The Bertz CT molecular complexity index is 385. The molecule has 8 nitrogen and oxygen atoms in total. The van der Waals surface area contributed by atoms with Gasteiger partial charge in [-0.25, -0.2) is 0 Å². The third kappa shape index (κ3) is 14.5. The molecule has 0 aromatic heterocycles. The first-order chi connectivity index (χ1) is 9.87. The van der Waals surface area contributed by atoms with Gasteiger partial charge < -0.3 is 20.4 Å². The first-order valence-electron chi connectivity index (χ1n) is 6.76. The number of hydrogen-bond donors (Lipinski definition) is 4. The third-order valence-corrected chi connectivity index (χ3v) is 5.40. The Morgan fingerprint density at radius 2 is 1.14 bits per heavy atom.